The molecule has 0 atom stereocenters. The van der Waals surface area contributed by atoms with Gasteiger partial charge in [0.2, 0.25) is 0 Å². The third kappa shape index (κ3) is 3.32. The Morgan fingerprint density at radius 3 is 2.64 bits per heavy atom. The molecule has 0 N–H and O–H groups in total. The molecule has 0 bridgehead atoms. The first kappa shape index (κ1) is 15.1. The van der Waals surface area contributed by atoms with Gasteiger partial charge in [-0.25, -0.2) is 0 Å². The van der Waals surface area contributed by atoms with Crippen molar-refractivity contribution in [1.29, 1.82) is 0 Å². The number of hydrogen-bond donors (Lipinski definition) is 0. The van der Waals surface area contributed by atoms with Crippen LogP contribution in [0.3, 0.4) is 0 Å². The van der Waals surface area contributed by atoms with Crippen LogP contribution in [0.5, 0.6) is 5.75 Å². The van der Waals surface area contributed by atoms with E-state index >= 15 is 0 Å². The minimum absolute atomic E-state index is 0.219. The van der Waals surface area contributed by atoms with Crippen molar-refractivity contribution in [3.05, 3.63) is 75.7 Å². The Morgan fingerprint density at radius 2 is 1.82 bits per heavy atom. The van der Waals surface area contributed by atoms with E-state index in [9.17, 15) is 4.79 Å². The van der Waals surface area contributed by atoms with Gasteiger partial charge in [-0.05, 0) is 50.5 Å². The summed E-state index contributed by atoms with van der Waals surface area (Å²) in [6.45, 7) is 0. The van der Waals surface area contributed by atoms with Gasteiger partial charge in [0, 0.05) is 5.02 Å². The highest BCUT2D eigenvalue weighted by atomic mass is 79.9. The van der Waals surface area contributed by atoms with E-state index < -0.39 is 0 Å². The molecule has 2 nitrogen and oxygen atoms in total. The summed E-state index contributed by atoms with van der Waals surface area (Å²) in [5.74, 6) is 0.161. The maximum Gasteiger partial charge on any atom is 0.315 e. The molecule has 22 heavy (non-hydrogen) atoms. The van der Waals surface area contributed by atoms with E-state index in [1.54, 1.807) is 18.2 Å². The fourth-order valence-corrected chi connectivity index (χ4v) is 3.08. The second kappa shape index (κ2) is 6.51. The van der Waals surface area contributed by atoms with Crippen LogP contribution in [0.1, 0.15) is 5.56 Å². The minimum Gasteiger partial charge on any atom is -0.425 e. The molecule has 0 unspecified atom stereocenters. The van der Waals surface area contributed by atoms with Crippen LogP contribution in [0.25, 0.3) is 10.8 Å². The van der Waals surface area contributed by atoms with Gasteiger partial charge in [0.1, 0.15) is 5.75 Å². The number of fused-ring (bicyclic) bond motifs is 1. The molecule has 0 amide bonds. The van der Waals surface area contributed by atoms with E-state index in [0.29, 0.717) is 15.2 Å². The van der Waals surface area contributed by atoms with Gasteiger partial charge in [0.05, 0.1) is 10.9 Å². The van der Waals surface area contributed by atoms with Crippen LogP contribution in [-0.4, -0.2) is 5.97 Å². The first-order valence-corrected chi connectivity index (χ1v) is 7.93. The lowest BCUT2D eigenvalue weighted by molar-refractivity contribution is -0.133. The van der Waals surface area contributed by atoms with E-state index in [2.05, 4.69) is 15.9 Å². The SMILES string of the molecule is O=C(Cc1cccc2ccccc12)Oc1ccc(Cl)cc1Br. The number of rotatable bonds is 3. The molecular formula is C18H12BrClO2. The average Bonchev–Trinajstić information content (AvgIpc) is 2.50. The van der Waals surface area contributed by atoms with Crippen LogP contribution < -0.4 is 4.74 Å². The zero-order valence-electron chi connectivity index (χ0n) is 11.6. The third-order valence-electron chi connectivity index (χ3n) is 3.33. The van der Waals surface area contributed by atoms with E-state index in [0.717, 1.165) is 16.3 Å². The molecule has 0 spiro atoms. The van der Waals surface area contributed by atoms with Crippen molar-refractivity contribution in [2.75, 3.05) is 0 Å². The molecule has 0 fully saturated rings. The van der Waals surface area contributed by atoms with Crippen molar-refractivity contribution in [3.63, 3.8) is 0 Å². The molecule has 0 aliphatic heterocycles. The summed E-state index contributed by atoms with van der Waals surface area (Å²) >= 11 is 9.22. The molecular weight excluding hydrogens is 364 g/mol. The molecule has 0 saturated heterocycles. The summed E-state index contributed by atoms with van der Waals surface area (Å²) in [5.41, 5.74) is 0.952. The average molecular weight is 376 g/mol. The van der Waals surface area contributed by atoms with Gasteiger partial charge in [-0.2, -0.15) is 0 Å². The number of ether oxygens (including phenoxy) is 1. The van der Waals surface area contributed by atoms with Crippen LogP contribution in [0.2, 0.25) is 5.02 Å². The fraction of sp³-hybridized carbons (Fsp3) is 0.0556. The van der Waals surface area contributed by atoms with Crippen molar-refractivity contribution in [2.24, 2.45) is 0 Å². The Kier molecular flexibility index (Phi) is 4.46. The number of benzene rings is 3. The quantitative estimate of drug-likeness (QED) is 0.452. The van der Waals surface area contributed by atoms with E-state index in [4.69, 9.17) is 16.3 Å². The molecule has 3 aromatic carbocycles. The standard InChI is InChI=1S/C18H12BrClO2/c19-16-11-14(20)8-9-17(16)22-18(21)10-13-6-3-5-12-4-1-2-7-15(12)13/h1-9,11H,10H2. The van der Waals surface area contributed by atoms with E-state index in [1.807, 2.05) is 42.5 Å². The molecule has 110 valence electrons. The summed E-state index contributed by atoms with van der Waals surface area (Å²) < 4.78 is 6.07. The van der Waals surface area contributed by atoms with Gasteiger partial charge >= 0.3 is 5.97 Å². The molecule has 0 saturated carbocycles. The summed E-state index contributed by atoms with van der Waals surface area (Å²) in [4.78, 5) is 12.2. The zero-order chi connectivity index (χ0) is 15.5. The summed E-state index contributed by atoms with van der Waals surface area (Å²) in [7, 11) is 0. The number of hydrogen-bond acceptors (Lipinski definition) is 2. The van der Waals surface area contributed by atoms with Crippen molar-refractivity contribution < 1.29 is 9.53 Å². The maximum atomic E-state index is 12.2. The lowest BCUT2D eigenvalue weighted by Gasteiger charge is -2.08. The van der Waals surface area contributed by atoms with Crippen molar-refractivity contribution in [1.82, 2.24) is 0 Å². The highest BCUT2D eigenvalue weighted by Gasteiger charge is 2.11. The van der Waals surface area contributed by atoms with Crippen LogP contribution >= 0.6 is 27.5 Å². The maximum absolute atomic E-state index is 12.2. The molecule has 3 aromatic rings. The second-order valence-electron chi connectivity index (χ2n) is 4.86. The molecule has 3 rings (SSSR count). The van der Waals surface area contributed by atoms with Gasteiger partial charge < -0.3 is 4.74 Å². The van der Waals surface area contributed by atoms with Gasteiger partial charge in [-0.3, -0.25) is 4.79 Å². The second-order valence-corrected chi connectivity index (χ2v) is 6.15. The summed E-state index contributed by atoms with van der Waals surface area (Å²) in [6, 6.07) is 19.0. The monoisotopic (exact) mass is 374 g/mol. The highest BCUT2D eigenvalue weighted by molar-refractivity contribution is 9.10. The Labute approximate surface area is 141 Å². The van der Waals surface area contributed by atoms with Crippen LogP contribution in [0, 0.1) is 0 Å². The largest absolute Gasteiger partial charge is 0.425 e. The van der Waals surface area contributed by atoms with E-state index in [1.165, 1.54) is 0 Å². The highest BCUT2D eigenvalue weighted by Crippen LogP contribution is 2.28. The first-order valence-electron chi connectivity index (χ1n) is 6.76. The Bertz CT molecular complexity index is 840. The van der Waals surface area contributed by atoms with Gasteiger partial charge in [0.25, 0.3) is 0 Å². The van der Waals surface area contributed by atoms with Crippen molar-refractivity contribution in [2.45, 2.75) is 6.42 Å². The Hall–Kier alpha value is -1.84. The third-order valence-corrected chi connectivity index (χ3v) is 4.19. The Balaban J connectivity index is 1.81. The van der Waals surface area contributed by atoms with Gasteiger partial charge in [-0.15, -0.1) is 0 Å². The molecule has 0 heterocycles. The van der Waals surface area contributed by atoms with Crippen molar-refractivity contribution in [3.8, 4) is 5.75 Å². The zero-order valence-corrected chi connectivity index (χ0v) is 13.9. The summed E-state index contributed by atoms with van der Waals surface area (Å²) in [5, 5.41) is 2.76. The number of carbonyl (C=O) groups is 1. The molecule has 0 aliphatic rings. The topological polar surface area (TPSA) is 26.3 Å². The predicted octanol–water partition coefficient (Wildman–Crippen LogP) is 5.40. The minimum atomic E-state index is -0.306. The lowest BCUT2D eigenvalue weighted by atomic mass is 10.0. The molecule has 0 aliphatic carbocycles. The van der Waals surface area contributed by atoms with Crippen LogP contribution in [0.4, 0.5) is 0 Å². The predicted molar refractivity (Wildman–Crippen MR) is 92.4 cm³/mol. The number of carbonyl (C=O) groups excluding carboxylic acids is 1. The number of halogens is 2. The number of esters is 1. The normalized spacial score (nSPS) is 10.6. The van der Waals surface area contributed by atoms with E-state index in [-0.39, 0.29) is 12.4 Å². The molecule has 0 aromatic heterocycles. The van der Waals surface area contributed by atoms with Crippen LogP contribution in [0.15, 0.2) is 65.1 Å². The Morgan fingerprint density at radius 1 is 1.05 bits per heavy atom. The lowest BCUT2D eigenvalue weighted by Crippen LogP contribution is -2.11. The smallest absolute Gasteiger partial charge is 0.315 e. The first-order chi connectivity index (χ1) is 10.6. The fourth-order valence-electron chi connectivity index (χ4n) is 2.32. The van der Waals surface area contributed by atoms with Gasteiger partial charge in [0.15, 0.2) is 0 Å². The van der Waals surface area contributed by atoms with Crippen LogP contribution in [-0.2, 0) is 11.2 Å². The molecule has 0 radical (unpaired) electrons. The summed E-state index contributed by atoms with van der Waals surface area (Å²) in [6.07, 6.45) is 0.219. The van der Waals surface area contributed by atoms with Gasteiger partial charge in [-0.1, -0.05) is 54.1 Å². The van der Waals surface area contributed by atoms with Crippen molar-refractivity contribution >= 4 is 44.3 Å². The molecule has 4 heteroatoms.